The Morgan fingerprint density at radius 3 is 2.78 bits per heavy atom. The fraction of sp³-hybridized carbons (Fsp3) is 0.353. The van der Waals surface area contributed by atoms with E-state index in [1.165, 1.54) is 0 Å². The van der Waals surface area contributed by atoms with Crippen LogP contribution < -0.4 is 9.64 Å². The van der Waals surface area contributed by atoms with Crippen LogP contribution in [0.1, 0.15) is 18.5 Å². The quantitative estimate of drug-likeness (QED) is 0.866. The first kappa shape index (κ1) is 15.3. The zero-order valence-electron chi connectivity index (χ0n) is 13.3. The number of anilines is 1. The summed E-state index contributed by atoms with van der Waals surface area (Å²) in [6.07, 6.45) is 3.28. The summed E-state index contributed by atoms with van der Waals surface area (Å²) >= 11 is 0. The minimum Gasteiger partial charge on any atom is -0.496 e. The van der Waals surface area contributed by atoms with Crippen molar-refractivity contribution in [2.45, 2.75) is 13.0 Å². The number of benzene rings is 1. The topological polar surface area (TPSA) is 58.6 Å². The standard InChI is InChI=1S/C17H20N4O2/c1-13(22)21-10-9-20(17-7-8-18-12-19-17)11-15(21)14-5-3-4-6-16(14)23-2/h3-8,12,15H,9-11H2,1-2H3. The van der Waals surface area contributed by atoms with Gasteiger partial charge in [-0.25, -0.2) is 9.97 Å². The number of ether oxygens (including phenoxy) is 1. The number of piperazine rings is 1. The van der Waals surface area contributed by atoms with E-state index in [0.29, 0.717) is 13.1 Å². The monoisotopic (exact) mass is 312 g/mol. The second-order valence-electron chi connectivity index (χ2n) is 5.48. The predicted molar refractivity (Wildman–Crippen MR) is 87.4 cm³/mol. The normalized spacial score (nSPS) is 17.9. The van der Waals surface area contributed by atoms with Gasteiger partial charge in [0.2, 0.25) is 5.91 Å². The molecule has 1 aliphatic rings. The number of methoxy groups -OCH3 is 1. The maximum Gasteiger partial charge on any atom is 0.220 e. The van der Waals surface area contributed by atoms with Crippen LogP contribution in [0.15, 0.2) is 42.9 Å². The second kappa shape index (κ2) is 6.64. The number of nitrogens with zero attached hydrogens (tertiary/aromatic N) is 4. The van der Waals surface area contributed by atoms with E-state index in [1.807, 2.05) is 35.2 Å². The molecule has 2 heterocycles. The molecule has 6 heteroatoms. The first-order chi connectivity index (χ1) is 11.2. The van der Waals surface area contributed by atoms with E-state index in [1.54, 1.807) is 26.6 Å². The minimum atomic E-state index is -0.0626. The van der Waals surface area contributed by atoms with E-state index in [2.05, 4.69) is 14.9 Å². The Balaban J connectivity index is 1.94. The molecule has 6 nitrogen and oxygen atoms in total. The van der Waals surface area contributed by atoms with Crippen molar-refractivity contribution in [3.8, 4) is 5.75 Å². The van der Waals surface area contributed by atoms with Crippen molar-refractivity contribution in [1.29, 1.82) is 0 Å². The predicted octanol–water partition coefficient (Wildman–Crippen LogP) is 1.90. The average molecular weight is 312 g/mol. The number of aromatic nitrogens is 2. The second-order valence-corrected chi connectivity index (χ2v) is 5.48. The summed E-state index contributed by atoms with van der Waals surface area (Å²) in [4.78, 5) is 24.4. The van der Waals surface area contributed by atoms with E-state index < -0.39 is 0 Å². The molecule has 0 bridgehead atoms. The van der Waals surface area contributed by atoms with Crippen LogP contribution in [-0.4, -0.2) is 47.5 Å². The van der Waals surface area contributed by atoms with E-state index in [0.717, 1.165) is 23.7 Å². The van der Waals surface area contributed by atoms with Gasteiger partial charge in [-0.2, -0.15) is 0 Å². The number of rotatable bonds is 3. The molecule has 0 N–H and O–H groups in total. The number of carbonyl (C=O) groups excluding carboxylic acids is 1. The van der Waals surface area contributed by atoms with Crippen LogP contribution in [0.3, 0.4) is 0 Å². The van der Waals surface area contributed by atoms with Gasteiger partial charge < -0.3 is 14.5 Å². The summed E-state index contributed by atoms with van der Waals surface area (Å²) in [5.41, 5.74) is 1.02. The highest BCUT2D eigenvalue weighted by atomic mass is 16.5. The molecular weight excluding hydrogens is 292 g/mol. The maximum absolute atomic E-state index is 12.1. The van der Waals surface area contributed by atoms with Gasteiger partial charge in [-0.05, 0) is 12.1 Å². The zero-order chi connectivity index (χ0) is 16.2. The molecule has 1 fully saturated rings. The summed E-state index contributed by atoms with van der Waals surface area (Å²) in [5.74, 6) is 1.75. The third-order valence-corrected chi connectivity index (χ3v) is 4.17. The molecule has 0 aliphatic carbocycles. The minimum absolute atomic E-state index is 0.0626. The highest BCUT2D eigenvalue weighted by Crippen LogP contribution is 2.33. The lowest BCUT2D eigenvalue weighted by Gasteiger charge is -2.42. The first-order valence-corrected chi connectivity index (χ1v) is 7.62. The van der Waals surface area contributed by atoms with Crippen molar-refractivity contribution < 1.29 is 9.53 Å². The Kier molecular flexibility index (Phi) is 4.41. The molecule has 1 amide bonds. The Morgan fingerprint density at radius 2 is 2.09 bits per heavy atom. The molecule has 1 unspecified atom stereocenters. The Bertz CT molecular complexity index is 677. The molecule has 0 radical (unpaired) electrons. The number of para-hydroxylation sites is 1. The number of carbonyl (C=O) groups is 1. The van der Waals surface area contributed by atoms with Crippen molar-refractivity contribution in [3.63, 3.8) is 0 Å². The summed E-state index contributed by atoms with van der Waals surface area (Å²) in [6, 6.07) is 9.68. The molecule has 0 saturated carbocycles. The average Bonchev–Trinajstić information content (AvgIpc) is 2.61. The summed E-state index contributed by atoms with van der Waals surface area (Å²) in [6.45, 7) is 3.70. The van der Waals surface area contributed by atoms with Crippen molar-refractivity contribution >= 4 is 11.7 Å². The highest BCUT2D eigenvalue weighted by Gasteiger charge is 2.32. The third kappa shape index (κ3) is 3.11. The van der Waals surface area contributed by atoms with Crippen molar-refractivity contribution in [2.24, 2.45) is 0 Å². The van der Waals surface area contributed by atoms with Crippen LogP contribution in [0.4, 0.5) is 5.82 Å². The maximum atomic E-state index is 12.1. The van der Waals surface area contributed by atoms with E-state index in [-0.39, 0.29) is 11.9 Å². The van der Waals surface area contributed by atoms with E-state index in [4.69, 9.17) is 4.74 Å². The Morgan fingerprint density at radius 1 is 1.26 bits per heavy atom. The van der Waals surface area contributed by atoms with E-state index in [9.17, 15) is 4.79 Å². The SMILES string of the molecule is COc1ccccc1C1CN(c2ccncn2)CCN1C(C)=O. The van der Waals surface area contributed by atoms with Crippen LogP contribution in [0.5, 0.6) is 5.75 Å². The fourth-order valence-electron chi connectivity index (χ4n) is 3.05. The fourth-order valence-corrected chi connectivity index (χ4v) is 3.05. The lowest BCUT2D eigenvalue weighted by Crippen LogP contribution is -2.50. The lowest BCUT2D eigenvalue weighted by molar-refractivity contribution is -0.131. The Labute approximate surface area is 135 Å². The van der Waals surface area contributed by atoms with Crippen LogP contribution in [0.2, 0.25) is 0 Å². The van der Waals surface area contributed by atoms with Gasteiger partial charge >= 0.3 is 0 Å². The number of amides is 1. The molecule has 3 rings (SSSR count). The van der Waals surface area contributed by atoms with Crippen molar-refractivity contribution in [3.05, 3.63) is 48.4 Å². The molecule has 1 aromatic heterocycles. The van der Waals surface area contributed by atoms with Gasteiger partial charge in [-0.3, -0.25) is 4.79 Å². The molecule has 1 aromatic carbocycles. The van der Waals surface area contributed by atoms with Gasteiger partial charge in [-0.15, -0.1) is 0 Å². The molecule has 1 saturated heterocycles. The number of hydrogen-bond donors (Lipinski definition) is 0. The summed E-state index contributed by atoms with van der Waals surface area (Å²) < 4.78 is 5.49. The summed E-state index contributed by atoms with van der Waals surface area (Å²) in [5, 5.41) is 0. The van der Waals surface area contributed by atoms with Gasteiger partial charge in [-0.1, -0.05) is 18.2 Å². The first-order valence-electron chi connectivity index (χ1n) is 7.62. The van der Waals surface area contributed by atoms with Crippen molar-refractivity contribution in [2.75, 3.05) is 31.6 Å². The highest BCUT2D eigenvalue weighted by molar-refractivity contribution is 5.74. The molecule has 2 aromatic rings. The van der Waals surface area contributed by atoms with Crippen LogP contribution >= 0.6 is 0 Å². The Hall–Kier alpha value is -2.63. The molecule has 120 valence electrons. The smallest absolute Gasteiger partial charge is 0.220 e. The molecule has 1 aliphatic heterocycles. The van der Waals surface area contributed by atoms with Gasteiger partial charge in [0.1, 0.15) is 17.9 Å². The van der Waals surface area contributed by atoms with E-state index >= 15 is 0 Å². The van der Waals surface area contributed by atoms with Crippen LogP contribution in [0.25, 0.3) is 0 Å². The van der Waals surface area contributed by atoms with Gasteiger partial charge in [0, 0.05) is 38.3 Å². The largest absolute Gasteiger partial charge is 0.496 e. The van der Waals surface area contributed by atoms with Crippen molar-refractivity contribution in [1.82, 2.24) is 14.9 Å². The van der Waals surface area contributed by atoms with Gasteiger partial charge in [0.25, 0.3) is 0 Å². The lowest BCUT2D eigenvalue weighted by atomic mass is 10.0. The molecular formula is C17H20N4O2. The molecule has 1 atom stereocenters. The van der Waals surface area contributed by atoms with Crippen LogP contribution in [-0.2, 0) is 4.79 Å². The van der Waals surface area contributed by atoms with Crippen LogP contribution in [0, 0.1) is 0 Å². The molecule has 0 spiro atoms. The molecule has 23 heavy (non-hydrogen) atoms. The van der Waals surface area contributed by atoms with Gasteiger partial charge in [0.05, 0.1) is 13.2 Å². The van der Waals surface area contributed by atoms with Gasteiger partial charge in [0.15, 0.2) is 0 Å². The number of hydrogen-bond acceptors (Lipinski definition) is 5. The third-order valence-electron chi connectivity index (χ3n) is 4.17. The summed E-state index contributed by atoms with van der Waals surface area (Å²) in [7, 11) is 1.65. The zero-order valence-corrected chi connectivity index (χ0v) is 13.3.